The Balaban J connectivity index is 1.81. The summed E-state index contributed by atoms with van der Waals surface area (Å²) >= 11 is 6.06. The Labute approximate surface area is 114 Å². The van der Waals surface area contributed by atoms with Crippen LogP contribution in [0.15, 0.2) is 6.20 Å². The zero-order chi connectivity index (χ0) is 12.8. The Morgan fingerprint density at radius 2 is 2.11 bits per heavy atom. The maximum Gasteiger partial charge on any atom is 0.224 e. The van der Waals surface area contributed by atoms with Gasteiger partial charge < -0.3 is 10.6 Å². The molecule has 1 aliphatic rings. The smallest absolute Gasteiger partial charge is 0.224 e. The molecule has 0 atom stereocenters. The van der Waals surface area contributed by atoms with Gasteiger partial charge in [0, 0.05) is 13.6 Å². The van der Waals surface area contributed by atoms with Crippen molar-refractivity contribution in [2.45, 2.75) is 38.5 Å². The van der Waals surface area contributed by atoms with Gasteiger partial charge in [-0.05, 0) is 12.3 Å². The molecule has 1 saturated carbocycles. The highest BCUT2D eigenvalue weighted by Gasteiger charge is 2.13. The van der Waals surface area contributed by atoms with E-state index in [1.807, 2.05) is 0 Å². The van der Waals surface area contributed by atoms with Crippen LogP contribution in [0.2, 0.25) is 5.02 Å². The van der Waals surface area contributed by atoms with E-state index in [2.05, 4.69) is 20.6 Å². The zero-order valence-corrected chi connectivity index (χ0v) is 11.6. The Bertz CT molecular complexity index is 377. The second-order valence-corrected chi connectivity index (χ2v) is 5.27. The Morgan fingerprint density at radius 3 is 2.83 bits per heavy atom. The van der Waals surface area contributed by atoms with Gasteiger partial charge in [-0.1, -0.05) is 43.7 Å². The molecular formula is C13H21ClN4. The molecule has 1 fully saturated rings. The number of rotatable bonds is 5. The first kappa shape index (κ1) is 13.4. The number of nitrogens with one attached hydrogen (secondary N) is 2. The number of aromatic nitrogens is 2. The highest BCUT2D eigenvalue weighted by atomic mass is 35.5. The minimum atomic E-state index is 0.581. The first-order valence-electron chi connectivity index (χ1n) is 6.73. The van der Waals surface area contributed by atoms with Crippen molar-refractivity contribution in [1.29, 1.82) is 0 Å². The number of nitrogens with zero attached hydrogens (tertiary/aromatic N) is 2. The quantitative estimate of drug-likeness (QED) is 0.857. The monoisotopic (exact) mass is 268 g/mol. The first-order valence-corrected chi connectivity index (χ1v) is 7.11. The molecule has 0 bridgehead atoms. The molecule has 4 nitrogen and oxygen atoms in total. The zero-order valence-electron chi connectivity index (χ0n) is 10.9. The van der Waals surface area contributed by atoms with Crippen molar-refractivity contribution < 1.29 is 0 Å². The fourth-order valence-corrected chi connectivity index (χ4v) is 2.64. The van der Waals surface area contributed by atoms with Crippen LogP contribution in [0.25, 0.3) is 0 Å². The van der Waals surface area contributed by atoms with Gasteiger partial charge in [-0.3, -0.25) is 0 Å². The molecule has 0 aromatic carbocycles. The van der Waals surface area contributed by atoms with E-state index in [9.17, 15) is 0 Å². The van der Waals surface area contributed by atoms with Crippen molar-refractivity contribution in [1.82, 2.24) is 9.97 Å². The van der Waals surface area contributed by atoms with Crippen LogP contribution in [0.5, 0.6) is 0 Å². The number of hydrogen-bond acceptors (Lipinski definition) is 4. The van der Waals surface area contributed by atoms with Crippen LogP contribution >= 0.6 is 11.6 Å². The minimum absolute atomic E-state index is 0.581. The lowest BCUT2D eigenvalue weighted by Crippen LogP contribution is -2.13. The Morgan fingerprint density at radius 1 is 1.33 bits per heavy atom. The van der Waals surface area contributed by atoms with Gasteiger partial charge in [-0.15, -0.1) is 0 Å². The summed E-state index contributed by atoms with van der Waals surface area (Å²) < 4.78 is 0. The summed E-state index contributed by atoms with van der Waals surface area (Å²) in [5, 5.41) is 6.81. The fraction of sp³-hybridized carbons (Fsp3) is 0.692. The molecule has 0 saturated heterocycles. The number of hydrogen-bond donors (Lipinski definition) is 2. The predicted octanol–water partition coefficient (Wildman–Crippen LogP) is 3.55. The van der Waals surface area contributed by atoms with E-state index >= 15 is 0 Å². The van der Waals surface area contributed by atoms with Crippen molar-refractivity contribution in [2.24, 2.45) is 5.92 Å². The van der Waals surface area contributed by atoms with Crippen molar-refractivity contribution in [3.05, 3.63) is 11.2 Å². The molecule has 0 amide bonds. The van der Waals surface area contributed by atoms with Gasteiger partial charge in [-0.2, -0.15) is 4.98 Å². The molecule has 5 heteroatoms. The summed E-state index contributed by atoms with van der Waals surface area (Å²) in [6, 6.07) is 0. The normalized spacial score (nSPS) is 16.6. The van der Waals surface area contributed by atoms with Crippen molar-refractivity contribution >= 4 is 23.4 Å². The van der Waals surface area contributed by atoms with Crippen molar-refractivity contribution in [3.8, 4) is 0 Å². The third-order valence-corrected chi connectivity index (χ3v) is 3.81. The molecule has 0 spiro atoms. The topological polar surface area (TPSA) is 49.8 Å². The Kier molecular flexibility index (Phi) is 5.05. The summed E-state index contributed by atoms with van der Waals surface area (Å²) in [4.78, 5) is 8.37. The standard InChI is InChI=1S/C13H21ClN4/c1-15-13-17-9-11(14)12(18-13)16-8-7-10-5-3-2-4-6-10/h9-10H,2-8H2,1H3,(H2,15,16,17,18). The fourth-order valence-electron chi connectivity index (χ4n) is 2.48. The van der Waals surface area contributed by atoms with E-state index in [-0.39, 0.29) is 0 Å². The Hall–Kier alpha value is -1.03. The van der Waals surface area contributed by atoms with Crippen LogP contribution in [-0.2, 0) is 0 Å². The lowest BCUT2D eigenvalue weighted by molar-refractivity contribution is 0.345. The molecule has 1 aromatic heterocycles. The number of halogens is 1. The molecule has 1 heterocycles. The third kappa shape index (κ3) is 3.73. The van der Waals surface area contributed by atoms with Crippen LogP contribution in [0.3, 0.4) is 0 Å². The third-order valence-electron chi connectivity index (χ3n) is 3.54. The largest absolute Gasteiger partial charge is 0.369 e. The maximum atomic E-state index is 6.06. The van der Waals surface area contributed by atoms with E-state index in [0.717, 1.165) is 18.3 Å². The molecule has 2 rings (SSSR count). The molecule has 18 heavy (non-hydrogen) atoms. The molecule has 100 valence electrons. The van der Waals surface area contributed by atoms with Gasteiger partial charge in [0.15, 0.2) is 0 Å². The lowest BCUT2D eigenvalue weighted by Gasteiger charge is -2.21. The highest BCUT2D eigenvalue weighted by Crippen LogP contribution is 2.26. The van der Waals surface area contributed by atoms with Crippen molar-refractivity contribution in [2.75, 3.05) is 24.2 Å². The van der Waals surface area contributed by atoms with Gasteiger partial charge in [0.2, 0.25) is 5.95 Å². The summed E-state index contributed by atoms with van der Waals surface area (Å²) in [7, 11) is 1.80. The summed E-state index contributed by atoms with van der Waals surface area (Å²) in [5.74, 6) is 2.20. The van der Waals surface area contributed by atoms with Crippen molar-refractivity contribution in [3.63, 3.8) is 0 Å². The second kappa shape index (κ2) is 6.78. The van der Waals surface area contributed by atoms with Gasteiger partial charge in [0.05, 0.1) is 6.20 Å². The predicted molar refractivity (Wildman–Crippen MR) is 76.3 cm³/mol. The minimum Gasteiger partial charge on any atom is -0.369 e. The molecule has 0 unspecified atom stereocenters. The highest BCUT2D eigenvalue weighted by molar-refractivity contribution is 6.32. The second-order valence-electron chi connectivity index (χ2n) is 4.86. The average molecular weight is 269 g/mol. The molecule has 0 radical (unpaired) electrons. The van der Waals surface area contributed by atoms with Gasteiger partial charge in [0.1, 0.15) is 10.8 Å². The van der Waals surface area contributed by atoms with Crippen LogP contribution in [-0.4, -0.2) is 23.6 Å². The van der Waals surface area contributed by atoms with Crippen LogP contribution in [0, 0.1) is 5.92 Å². The van der Waals surface area contributed by atoms with Gasteiger partial charge in [-0.25, -0.2) is 4.98 Å². The SMILES string of the molecule is CNc1ncc(Cl)c(NCCC2CCCCC2)n1. The van der Waals surface area contributed by atoms with E-state index in [0.29, 0.717) is 11.0 Å². The number of anilines is 2. The molecule has 1 aliphatic carbocycles. The average Bonchev–Trinajstić information content (AvgIpc) is 2.42. The van der Waals surface area contributed by atoms with E-state index in [1.165, 1.54) is 38.5 Å². The first-order chi connectivity index (χ1) is 8.79. The summed E-state index contributed by atoms with van der Waals surface area (Å²) in [5.41, 5.74) is 0. The van der Waals surface area contributed by atoms with Crippen LogP contribution < -0.4 is 10.6 Å². The lowest BCUT2D eigenvalue weighted by atomic mass is 9.87. The summed E-state index contributed by atoms with van der Waals surface area (Å²) in [6.07, 6.45) is 9.78. The summed E-state index contributed by atoms with van der Waals surface area (Å²) in [6.45, 7) is 0.935. The van der Waals surface area contributed by atoms with Gasteiger partial charge in [0.25, 0.3) is 0 Å². The molecular weight excluding hydrogens is 248 g/mol. The molecule has 2 N–H and O–H groups in total. The van der Waals surface area contributed by atoms with Gasteiger partial charge >= 0.3 is 0 Å². The molecule has 1 aromatic rings. The van der Waals surface area contributed by atoms with E-state index in [1.54, 1.807) is 13.2 Å². The van der Waals surface area contributed by atoms with Crippen LogP contribution in [0.1, 0.15) is 38.5 Å². The van der Waals surface area contributed by atoms with Crippen LogP contribution in [0.4, 0.5) is 11.8 Å². The molecule has 0 aliphatic heterocycles. The van der Waals surface area contributed by atoms with E-state index < -0.39 is 0 Å². The van der Waals surface area contributed by atoms with E-state index in [4.69, 9.17) is 11.6 Å². The maximum absolute atomic E-state index is 6.06.